The van der Waals surface area contributed by atoms with E-state index >= 15 is 0 Å². The zero-order valence-corrected chi connectivity index (χ0v) is 17.4. The molecule has 0 aliphatic rings. The maximum Gasteiger partial charge on any atom is 0.302 e. The highest BCUT2D eigenvalue weighted by Gasteiger charge is 2.20. The van der Waals surface area contributed by atoms with E-state index in [0.717, 1.165) is 17.4 Å². The number of ether oxygens (including phenoxy) is 1. The third kappa shape index (κ3) is 3.89. The van der Waals surface area contributed by atoms with Gasteiger partial charge < -0.3 is 15.0 Å². The van der Waals surface area contributed by atoms with Gasteiger partial charge >= 0.3 is 5.97 Å². The molecule has 9 nitrogen and oxygen atoms in total. The first-order valence-electron chi connectivity index (χ1n) is 9.94. The molecule has 0 bridgehead atoms. The number of carbonyl (C=O) groups excluding carboxylic acids is 1. The Morgan fingerprint density at radius 1 is 1.09 bits per heavy atom. The van der Waals surface area contributed by atoms with Crippen LogP contribution in [0.3, 0.4) is 0 Å². The van der Waals surface area contributed by atoms with Crippen molar-refractivity contribution in [1.29, 1.82) is 0 Å². The van der Waals surface area contributed by atoms with Gasteiger partial charge in [0, 0.05) is 12.6 Å². The number of pyridine rings is 2. The maximum atomic E-state index is 13.3. The summed E-state index contributed by atoms with van der Waals surface area (Å²) in [6.07, 6.45) is 2.56. The number of nitrogens with two attached hydrogens (primary N) is 1. The summed E-state index contributed by atoms with van der Waals surface area (Å²) < 4.78 is 25.2. The number of benzene rings is 1. The summed E-state index contributed by atoms with van der Waals surface area (Å²) in [5.74, 6) is -0.0911. The summed E-state index contributed by atoms with van der Waals surface area (Å²) in [5, 5.41) is 3.76. The van der Waals surface area contributed by atoms with Crippen LogP contribution in [0.5, 0.6) is 0 Å². The molecule has 0 spiro atoms. The van der Waals surface area contributed by atoms with E-state index in [9.17, 15) is 9.18 Å². The van der Waals surface area contributed by atoms with E-state index in [1.807, 2.05) is 34.9 Å². The van der Waals surface area contributed by atoms with E-state index in [2.05, 4.69) is 10.1 Å². The van der Waals surface area contributed by atoms with Crippen LogP contribution in [0.2, 0.25) is 0 Å². The van der Waals surface area contributed by atoms with Gasteiger partial charge in [-0.15, -0.1) is 0 Å². The van der Waals surface area contributed by atoms with Crippen molar-refractivity contribution in [2.24, 2.45) is 0 Å². The number of rotatable bonds is 5. The molecular weight excluding hydrogens is 427 g/mol. The number of halogens is 1. The number of carbonyl (C=O) groups is 1. The first-order valence-corrected chi connectivity index (χ1v) is 9.94. The normalized spacial score (nSPS) is 11.1. The van der Waals surface area contributed by atoms with Crippen molar-refractivity contribution in [2.75, 3.05) is 5.73 Å². The minimum absolute atomic E-state index is 0.171. The van der Waals surface area contributed by atoms with Crippen molar-refractivity contribution >= 4 is 23.0 Å². The second kappa shape index (κ2) is 8.15. The third-order valence-corrected chi connectivity index (χ3v) is 4.97. The number of fused-ring (bicyclic) bond motifs is 1. The van der Waals surface area contributed by atoms with Gasteiger partial charge in [-0.3, -0.25) is 14.3 Å². The van der Waals surface area contributed by atoms with Gasteiger partial charge in [0.05, 0.1) is 17.6 Å². The van der Waals surface area contributed by atoms with Crippen molar-refractivity contribution in [2.45, 2.75) is 13.5 Å². The number of imidazole rings is 1. The quantitative estimate of drug-likeness (QED) is 0.405. The van der Waals surface area contributed by atoms with Crippen LogP contribution < -0.4 is 5.73 Å². The van der Waals surface area contributed by atoms with Crippen LogP contribution in [-0.2, 0) is 16.1 Å². The van der Waals surface area contributed by atoms with Crippen LogP contribution >= 0.6 is 0 Å². The van der Waals surface area contributed by atoms with Crippen molar-refractivity contribution in [1.82, 2.24) is 24.7 Å². The molecule has 0 aliphatic heterocycles. The molecule has 0 fully saturated rings. The van der Waals surface area contributed by atoms with Crippen molar-refractivity contribution in [3.05, 3.63) is 72.4 Å². The smallest absolute Gasteiger partial charge is 0.302 e. The largest absolute Gasteiger partial charge is 0.461 e. The number of hydrogen-bond acceptors (Lipinski definition) is 8. The molecule has 4 aromatic heterocycles. The Morgan fingerprint density at radius 3 is 2.55 bits per heavy atom. The second-order valence-electron chi connectivity index (χ2n) is 7.23. The summed E-state index contributed by atoms with van der Waals surface area (Å²) in [6.45, 7) is 1.53. The van der Waals surface area contributed by atoms with E-state index in [1.165, 1.54) is 19.3 Å². The number of aromatic nitrogens is 5. The minimum atomic E-state index is -0.427. The van der Waals surface area contributed by atoms with Crippen LogP contribution in [0.15, 0.2) is 65.5 Å². The fourth-order valence-corrected chi connectivity index (χ4v) is 3.39. The Hall–Kier alpha value is -4.60. The number of nitrogen functional groups attached to an aromatic ring is 1. The molecular formula is C23H17FN6O3. The van der Waals surface area contributed by atoms with Crippen LogP contribution in [0.1, 0.15) is 12.5 Å². The molecule has 0 saturated heterocycles. The molecule has 5 aromatic rings. The number of anilines is 1. The average molecular weight is 444 g/mol. The standard InChI is InChI=1S/C23H17FN6O3/c1-13(31)32-11-14-2-5-16(6-3-14)30-22(17-12-33-29-21(17)25)28-20-9-8-19(27-23(20)30)18-7-4-15(24)10-26-18/h2-10,12H,11H2,1H3,(H2,25,29). The van der Waals surface area contributed by atoms with E-state index in [4.69, 9.17) is 25.0 Å². The van der Waals surface area contributed by atoms with Gasteiger partial charge in [0.15, 0.2) is 17.3 Å². The molecule has 2 N–H and O–H groups in total. The highest BCUT2D eigenvalue weighted by atomic mass is 19.1. The lowest BCUT2D eigenvalue weighted by atomic mass is 10.2. The molecule has 4 heterocycles. The molecule has 0 saturated carbocycles. The van der Waals surface area contributed by atoms with E-state index < -0.39 is 5.82 Å². The molecule has 0 aliphatic carbocycles. The molecule has 0 atom stereocenters. The summed E-state index contributed by atoms with van der Waals surface area (Å²) in [6, 6.07) is 13.9. The molecule has 33 heavy (non-hydrogen) atoms. The zero-order chi connectivity index (χ0) is 22.9. The molecule has 0 radical (unpaired) electrons. The molecule has 164 valence electrons. The third-order valence-electron chi connectivity index (χ3n) is 4.97. The Kier molecular flexibility index (Phi) is 5.02. The average Bonchev–Trinajstić information content (AvgIpc) is 3.41. The predicted molar refractivity (Wildman–Crippen MR) is 117 cm³/mol. The SMILES string of the molecule is CC(=O)OCc1ccc(-n2c(-c3conc3N)nc3ccc(-c4ccc(F)cn4)nc32)cc1. The van der Waals surface area contributed by atoms with Gasteiger partial charge in [-0.25, -0.2) is 14.4 Å². The topological polar surface area (TPSA) is 122 Å². The van der Waals surface area contributed by atoms with E-state index in [0.29, 0.717) is 33.9 Å². The van der Waals surface area contributed by atoms with E-state index in [1.54, 1.807) is 12.1 Å². The number of esters is 1. The fourth-order valence-electron chi connectivity index (χ4n) is 3.39. The van der Waals surface area contributed by atoms with Gasteiger partial charge in [-0.2, -0.15) is 0 Å². The Morgan fingerprint density at radius 2 is 1.88 bits per heavy atom. The minimum Gasteiger partial charge on any atom is -0.461 e. The number of hydrogen-bond donors (Lipinski definition) is 1. The molecule has 1 aromatic carbocycles. The van der Waals surface area contributed by atoms with E-state index in [-0.39, 0.29) is 18.4 Å². The Labute approximate surface area is 186 Å². The molecule has 0 amide bonds. The van der Waals surface area contributed by atoms with Crippen LogP contribution in [0.25, 0.3) is 39.6 Å². The van der Waals surface area contributed by atoms with Gasteiger partial charge in [0.25, 0.3) is 0 Å². The lowest BCUT2D eigenvalue weighted by Gasteiger charge is -2.10. The zero-order valence-electron chi connectivity index (χ0n) is 17.4. The van der Waals surface area contributed by atoms with Crippen molar-refractivity contribution in [3.63, 3.8) is 0 Å². The van der Waals surface area contributed by atoms with Gasteiger partial charge in [-0.05, 0) is 42.0 Å². The highest BCUT2D eigenvalue weighted by molar-refractivity contribution is 5.84. The van der Waals surface area contributed by atoms with Gasteiger partial charge in [0.2, 0.25) is 0 Å². The van der Waals surface area contributed by atoms with Gasteiger partial charge in [0.1, 0.15) is 29.8 Å². The summed E-state index contributed by atoms with van der Waals surface area (Å²) in [4.78, 5) is 24.7. The highest BCUT2D eigenvalue weighted by Crippen LogP contribution is 2.32. The summed E-state index contributed by atoms with van der Waals surface area (Å²) >= 11 is 0. The molecule has 5 rings (SSSR count). The van der Waals surface area contributed by atoms with Crippen LogP contribution in [0.4, 0.5) is 10.2 Å². The maximum absolute atomic E-state index is 13.3. The second-order valence-corrected chi connectivity index (χ2v) is 7.23. The number of nitrogens with zero attached hydrogens (tertiary/aromatic N) is 5. The van der Waals surface area contributed by atoms with Gasteiger partial charge in [-0.1, -0.05) is 17.3 Å². The fraction of sp³-hybridized carbons (Fsp3) is 0.0870. The first-order chi connectivity index (χ1) is 16.0. The van der Waals surface area contributed by atoms with Crippen molar-refractivity contribution in [3.8, 4) is 28.5 Å². The molecule has 0 unspecified atom stereocenters. The Balaban J connectivity index is 1.67. The lowest BCUT2D eigenvalue weighted by Crippen LogP contribution is -2.02. The lowest BCUT2D eigenvalue weighted by molar-refractivity contribution is -0.142. The predicted octanol–water partition coefficient (Wildman–Crippen LogP) is 3.92. The monoisotopic (exact) mass is 444 g/mol. The summed E-state index contributed by atoms with van der Waals surface area (Å²) in [5.41, 5.74) is 10.3. The molecule has 10 heteroatoms. The summed E-state index contributed by atoms with van der Waals surface area (Å²) in [7, 11) is 0. The van der Waals surface area contributed by atoms with Crippen LogP contribution in [-0.4, -0.2) is 30.6 Å². The van der Waals surface area contributed by atoms with Crippen molar-refractivity contribution < 1.29 is 18.4 Å². The Bertz CT molecular complexity index is 1460. The first kappa shape index (κ1) is 20.3. The van der Waals surface area contributed by atoms with Crippen LogP contribution in [0, 0.1) is 5.82 Å².